The molecule has 0 aliphatic rings. The van der Waals surface area contributed by atoms with E-state index in [2.05, 4.69) is 4.98 Å². The molecule has 0 aliphatic carbocycles. The molecule has 0 aliphatic heterocycles. The van der Waals surface area contributed by atoms with E-state index >= 15 is 0 Å². The van der Waals surface area contributed by atoms with Crippen LogP contribution in [0.5, 0.6) is 5.75 Å². The molecule has 3 rings (SSSR count). The maximum atomic E-state index is 12.3. The normalized spacial score (nSPS) is 10.7. The van der Waals surface area contributed by atoms with Gasteiger partial charge in [-0.1, -0.05) is 17.8 Å². The second-order valence-corrected chi connectivity index (χ2v) is 5.41. The molecule has 0 fully saturated rings. The average molecular weight is 315 g/mol. The summed E-state index contributed by atoms with van der Waals surface area (Å²) < 4.78 is 1.14. The minimum atomic E-state index is -0.725. The van der Waals surface area contributed by atoms with Crippen LogP contribution in [0.3, 0.4) is 0 Å². The van der Waals surface area contributed by atoms with E-state index in [1.807, 2.05) is 0 Å². The lowest BCUT2D eigenvalue weighted by atomic mass is 10.3. The minimum absolute atomic E-state index is 0.0203. The molecular weight excluding hydrogens is 306 g/mol. The molecular formula is C14H9N3O4S. The van der Waals surface area contributed by atoms with E-state index in [0.717, 1.165) is 16.2 Å². The van der Waals surface area contributed by atoms with Crippen molar-refractivity contribution in [2.75, 3.05) is 0 Å². The van der Waals surface area contributed by atoms with E-state index in [4.69, 9.17) is 0 Å². The molecule has 0 amide bonds. The third kappa shape index (κ3) is 2.51. The molecule has 0 unspecified atom stereocenters. The van der Waals surface area contributed by atoms with E-state index in [1.165, 1.54) is 18.3 Å². The van der Waals surface area contributed by atoms with Crippen molar-refractivity contribution in [2.24, 2.45) is 0 Å². The van der Waals surface area contributed by atoms with Gasteiger partial charge in [0.1, 0.15) is 11.4 Å². The highest BCUT2D eigenvalue weighted by Crippen LogP contribution is 2.32. The molecule has 0 saturated heterocycles. The highest BCUT2D eigenvalue weighted by Gasteiger charge is 2.24. The number of pyridine rings is 1. The van der Waals surface area contributed by atoms with Crippen LogP contribution in [0.1, 0.15) is 0 Å². The van der Waals surface area contributed by atoms with Crippen LogP contribution < -0.4 is 5.56 Å². The number of hydrogen-bond acceptors (Lipinski definition) is 6. The summed E-state index contributed by atoms with van der Waals surface area (Å²) in [4.78, 5) is 27.6. The standard InChI is InChI=1S/C14H9N3O4S/c18-9-4-6-10(7-5-9)22-13-12(17(20)21)14(19)16-8-2-1-3-11(16)15-13/h1-8,18H. The van der Waals surface area contributed by atoms with Crippen LogP contribution in [0, 0.1) is 10.1 Å². The maximum Gasteiger partial charge on any atom is 0.366 e. The van der Waals surface area contributed by atoms with Crippen molar-refractivity contribution in [2.45, 2.75) is 9.92 Å². The molecule has 22 heavy (non-hydrogen) atoms. The molecule has 1 N–H and O–H groups in total. The topological polar surface area (TPSA) is 97.7 Å². The Bertz CT molecular complexity index is 922. The van der Waals surface area contributed by atoms with Gasteiger partial charge in [0, 0.05) is 11.1 Å². The predicted octanol–water partition coefficient (Wildman–Crippen LogP) is 2.46. The number of phenolic OH excluding ortho intramolecular Hbond substituents is 1. The molecule has 0 atom stereocenters. The Morgan fingerprint density at radius 1 is 1.18 bits per heavy atom. The number of fused-ring (bicyclic) bond motifs is 1. The SMILES string of the molecule is O=c1c([N+](=O)[O-])c(Sc2ccc(O)cc2)nc2ccccn12. The van der Waals surface area contributed by atoms with Crippen molar-refractivity contribution in [1.82, 2.24) is 9.38 Å². The lowest BCUT2D eigenvalue weighted by molar-refractivity contribution is -0.389. The fraction of sp³-hybridized carbons (Fsp3) is 0. The van der Waals surface area contributed by atoms with Crippen molar-refractivity contribution >= 4 is 23.1 Å². The smallest absolute Gasteiger partial charge is 0.366 e. The number of nitrogens with zero attached hydrogens (tertiary/aromatic N) is 3. The fourth-order valence-corrected chi connectivity index (χ4v) is 2.81. The van der Waals surface area contributed by atoms with E-state index < -0.39 is 16.2 Å². The van der Waals surface area contributed by atoms with Gasteiger partial charge in [-0.05, 0) is 36.4 Å². The van der Waals surface area contributed by atoms with Gasteiger partial charge in [-0.25, -0.2) is 4.98 Å². The fourth-order valence-electron chi connectivity index (χ4n) is 1.91. The molecule has 7 nitrogen and oxygen atoms in total. The summed E-state index contributed by atoms with van der Waals surface area (Å²) in [6, 6.07) is 11.0. The van der Waals surface area contributed by atoms with Crippen LogP contribution in [-0.2, 0) is 0 Å². The summed E-state index contributed by atoms with van der Waals surface area (Å²) in [5, 5.41) is 20.5. The summed E-state index contributed by atoms with van der Waals surface area (Å²) in [5.74, 6) is 0.0883. The maximum absolute atomic E-state index is 12.3. The van der Waals surface area contributed by atoms with Crippen molar-refractivity contribution in [3.8, 4) is 5.75 Å². The predicted molar refractivity (Wildman–Crippen MR) is 80.3 cm³/mol. The summed E-state index contributed by atoms with van der Waals surface area (Å²) in [7, 11) is 0. The van der Waals surface area contributed by atoms with Gasteiger partial charge in [0.05, 0.1) is 4.92 Å². The van der Waals surface area contributed by atoms with Crippen LogP contribution in [-0.4, -0.2) is 19.4 Å². The Morgan fingerprint density at radius 2 is 1.91 bits per heavy atom. The van der Waals surface area contributed by atoms with E-state index in [1.54, 1.807) is 30.3 Å². The van der Waals surface area contributed by atoms with Crippen molar-refractivity contribution in [3.05, 3.63) is 69.1 Å². The van der Waals surface area contributed by atoms with Crippen LogP contribution in [0.25, 0.3) is 5.65 Å². The Labute approximate surface area is 128 Å². The highest BCUT2D eigenvalue weighted by molar-refractivity contribution is 7.99. The van der Waals surface area contributed by atoms with Gasteiger partial charge in [0.25, 0.3) is 0 Å². The zero-order valence-corrected chi connectivity index (χ0v) is 11.9. The molecule has 0 radical (unpaired) electrons. The first-order chi connectivity index (χ1) is 10.6. The zero-order chi connectivity index (χ0) is 15.7. The lowest BCUT2D eigenvalue weighted by Crippen LogP contribution is -2.19. The average Bonchev–Trinajstić information content (AvgIpc) is 2.49. The summed E-state index contributed by atoms with van der Waals surface area (Å²) >= 11 is 1.00. The first-order valence-corrected chi connectivity index (χ1v) is 7.00. The molecule has 110 valence electrons. The summed E-state index contributed by atoms with van der Waals surface area (Å²) in [6.45, 7) is 0. The minimum Gasteiger partial charge on any atom is -0.508 e. The second-order valence-electron chi connectivity index (χ2n) is 4.35. The molecule has 3 aromatic rings. The van der Waals surface area contributed by atoms with E-state index in [9.17, 15) is 20.0 Å². The van der Waals surface area contributed by atoms with Crippen LogP contribution in [0.4, 0.5) is 5.69 Å². The van der Waals surface area contributed by atoms with E-state index in [0.29, 0.717) is 10.5 Å². The monoisotopic (exact) mass is 315 g/mol. The Kier molecular flexibility index (Phi) is 3.51. The molecule has 0 saturated carbocycles. The van der Waals surface area contributed by atoms with Gasteiger partial charge in [-0.2, -0.15) is 0 Å². The Morgan fingerprint density at radius 3 is 2.59 bits per heavy atom. The zero-order valence-electron chi connectivity index (χ0n) is 11.0. The van der Waals surface area contributed by atoms with Gasteiger partial charge < -0.3 is 5.11 Å². The summed E-state index contributed by atoms with van der Waals surface area (Å²) in [6.07, 6.45) is 1.44. The quantitative estimate of drug-likeness (QED) is 0.453. The van der Waals surface area contributed by atoms with Crippen molar-refractivity contribution < 1.29 is 10.0 Å². The van der Waals surface area contributed by atoms with E-state index in [-0.39, 0.29) is 10.8 Å². The van der Waals surface area contributed by atoms with Crippen LogP contribution >= 0.6 is 11.8 Å². The van der Waals surface area contributed by atoms with Gasteiger partial charge in [-0.15, -0.1) is 0 Å². The van der Waals surface area contributed by atoms with Crippen LogP contribution in [0.15, 0.2) is 63.4 Å². The largest absolute Gasteiger partial charge is 0.508 e. The number of phenols is 1. The molecule has 2 aromatic heterocycles. The Balaban J connectivity index is 2.19. The molecule has 2 heterocycles. The first kappa shape index (κ1) is 14.1. The Hall–Kier alpha value is -2.87. The van der Waals surface area contributed by atoms with Crippen LogP contribution in [0.2, 0.25) is 0 Å². The lowest BCUT2D eigenvalue weighted by Gasteiger charge is -2.05. The molecule has 8 heteroatoms. The van der Waals surface area contributed by atoms with Gasteiger partial charge in [0.2, 0.25) is 0 Å². The molecule has 1 aromatic carbocycles. The van der Waals surface area contributed by atoms with Crippen molar-refractivity contribution in [3.63, 3.8) is 0 Å². The first-order valence-electron chi connectivity index (χ1n) is 6.19. The van der Waals surface area contributed by atoms with Gasteiger partial charge in [0.15, 0.2) is 5.03 Å². The van der Waals surface area contributed by atoms with Gasteiger partial charge in [-0.3, -0.25) is 19.3 Å². The number of hydrogen-bond donors (Lipinski definition) is 1. The number of aromatic hydroxyl groups is 1. The third-order valence-electron chi connectivity index (χ3n) is 2.91. The number of nitro groups is 1. The number of aromatic nitrogens is 2. The molecule has 0 spiro atoms. The summed E-state index contributed by atoms with van der Waals surface area (Å²) in [5.41, 5.74) is -0.960. The van der Waals surface area contributed by atoms with Crippen molar-refractivity contribution in [1.29, 1.82) is 0 Å². The number of benzene rings is 1. The van der Waals surface area contributed by atoms with Gasteiger partial charge >= 0.3 is 11.2 Å². The molecule has 0 bridgehead atoms. The highest BCUT2D eigenvalue weighted by atomic mass is 32.2. The number of rotatable bonds is 3. The third-order valence-corrected chi connectivity index (χ3v) is 3.90. The second kappa shape index (κ2) is 5.49.